The van der Waals surface area contributed by atoms with E-state index in [2.05, 4.69) is 20.5 Å². The summed E-state index contributed by atoms with van der Waals surface area (Å²) in [6, 6.07) is 22.2. The monoisotopic (exact) mass is 796 g/mol. The highest BCUT2D eigenvalue weighted by atomic mass is 35.5. The number of aromatic hydroxyl groups is 1. The number of carboxylic acid groups (broad SMARTS) is 1. The third-order valence-electron chi connectivity index (χ3n) is 11.5. The van der Waals surface area contributed by atoms with E-state index in [0.29, 0.717) is 29.0 Å². The van der Waals surface area contributed by atoms with Gasteiger partial charge in [0.1, 0.15) is 30.1 Å². The number of benzene rings is 3. The Balaban J connectivity index is 1.12. The summed E-state index contributed by atoms with van der Waals surface area (Å²) in [5, 5.41) is 39.0. The largest absolute Gasteiger partial charge is 0.506 e. The third-order valence-corrected chi connectivity index (χ3v) is 11.9. The predicted octanol–water partition coefficient (Wildman–Crippen LogP) is 6.39. The molecule has 1 amide bonds. The summed E-state index contributed by atoms with van der Waals surface area (Å²) in [6.07, 6.45) is 6.89. The Morgan fingerprint density at radius 1 is 1.04 bits per heavy atom. The molecule has 3 saturated heterocycles. The first kappa shape index (κ1) is 40.1. The lowest BCUT2D eigenvalue weighted by atomic mass is 9.74. The van der Waals surface area contributed by atoms with Crippen LogP contribution in [0.15, 0.2) is 107 Å². The number of aliphatic hydroxyl groups is 1. The van der Waals surface area contributed by atoms with Crippen molar-refractivity contribution in [3.63, 3.8) is 0 Å². The van der Waals surface area contributed by atoms with E-state index in [1.165, 1.54) is 12.1 Å². The molecule has 3 aromatic carbocycles. The van der Waals surface area contributed by atoms with E-state index in [0.717, 1.165) is 50.0 Å². The number of fused-ring (bicyclic) bond motifs is 4. The van der Waals surface area contributed by atoms with Gasteiger partial charge in [0.2, 0.25) is 5.56 Å². The molecule has 6 N–H and O–H groups in total. The Kier molecular flexibility index (Phi) is 12.3. The molecule has 8 rings (SSSR count). The normalized spacial score (nSPS) is 24.3. The second-order valence-electron chi connectivity index (χ2n) is 15.3. The zero-order valence-corrected chi connectivity index (χ0v) is 32.5. The number of rotatable bonds is 15. The minimum absolute atomic E-state index is 0.0672. The van der Waals surface area contributed by atoms with Gasteiger partial charge in [-0.05, 0) is 79.2 Å². The summed E-state index contributed by atoms with van der Waals surface area (Å²) in [5.74, 6) is -1.30. The highest BCUT2D eigenvalue weighted by molar-refractivity contribution is 6.31. The number of ether oxygens (including phenoxy) is 2. The molecule has 1 aromatic heterocycles. The highest BCUT2D eigenvalue weighted by Gasteiger charge is 2.41. The Morgan fingerprint density at radius 2 is 1.81 bits per heavy atom. The number of hydrogen-bond donors (Lipinski definition) is 6. The van der Waals surface area contributed by atoms with Gasteiger partial charge in [0.15, 0.2) is 0 Å². The van der Waals surface area contributed by atoms with Crippen molar-refractivity contribution in [1.29, 1.82) is 0 Å². The number of pyridine rings is 1. The van der Waals surface area contributed by atoms with Gasteiger partial charge < -0.3 is 40.4 Å². The maximum Gasteiger partial charge on any atom is 0.408 e. The van der Waals surface area contributed by atoms with Gasteiger partial charge in [-0.3, -0.25) is 14.5 Å². The molecule has 0 spiro atoms. The number of H-pyrrole nitrogens is 1. The van der Waals surface area contributed by atoms with Crippen LogP contribution in [0.4, 0.5) is 4.79 Å². The molecule has 0 radical (unpaired) electrons. The first-order valence-corrected chi connectivity index (χ1v) is 20.0. The van der Waals surface area contributed by atoms with Gasteiger partial charge in [-0.1, -0.05) is 91.7 Å². The van der Waals surface area contributed by atoms with Gasteiger partial charge in [0.05, 0.1) is 23.1 Å². The van der Waals surface area contributed by atoms with Crippen LogP contribution in [-0.2, 0) is 9.53 Å². The fraction of sp³-hybridized carbons (Fsp3) is 0.386. The molecule has 3 fully saturated rings. The first-order chi connectivity index (χ1) is 27.5. The van der Waals surface area contributed by atoms with Crippen molar-refractivity contribution in [2.75, 3.05) is 32.8 Å². The van der Waals surface area contributed by atoms with Crippen molar-refractivity contribution in [2.45, 2.75) is 56.9 Å². The van der Waals surface area contributed by atoms with Crippen LogP contribution in [0.3, 0.4) is 0 Å². The van der Waals surface area contributed by atoms with Crippen molar-refractivity contribution < 1.29 is 34.4 Å². The van der Waals surface area contributed by atoms with Gasteiger partial charge in [0, 0.05) is 35.6 Å². The lowest BCUT2D eigenvalue weighted by Crippen LogP contribution is -2.52. The Morgan fingerprint density at radius 3 is 2.51 bits per heavy atom. The molecule has 2 bridgehead atoms. The number of aliphatic hydroxyl groups excluding tert-OH is 1. The molecule has 57 heavy (non-hydrogen) atoms. The van der Waals surface area contributed by atoms with Crippen molar-refractivity contribution >= 4 is 34.6 Å². The number of phenols is 1. The Bertz CT molecular complexity index is 2190. The summed E-state index contributed by atoms with van der Waals surface area (Å²) in [6.45, 7) is 5.03. The van der Waals surface area contributed by atoms with Crippen molar-refractivity contribution in [1.82, 2.24) is 20.5 Å². The second kappa shape index (κ2) is 17.6. The average Bonchev–Trinajstić information content (AvgIpc) is 3.21. The van der Waals surface area contributed by atoms with E-state index in [9.17, 15) is 29.7 Å². The van der Waals surface area contributed by atoms with Crippen molar-refractivity contribution in [2.24, 2.45) is 17.3 Å². The number of alkyl carbamates (subject to hydrolysis) is 1. The molecule has 4 aliphatic rings. The molecule has 13 heteroatoms. The molecule has 12 nitrogen and oxygen atoms in total. The van der Waals surface area contributed by atoms with E-state index in [-0.39, 0.29) is 47.2 Å². The topological polar surface area (TPSA) is 173 Å². The highest BCUT2D eigenvalue weighted by Crippen LogP contribution is 2.40. The predicted molar refractivity (Wildman–Crippen MR) is 217 cm³/mol. The number of carboxylic acids is 1. The Hall–Kier alpha value is -5.14. The molecule has 4 aromatic rings. The number of nitrogens with zero attached hydrogens (tertiary/aromatic N) is 1. The minimum Gasteiger partial charge on any atom is -0.506 e. The first-order valence-electron chi connectivity index (χ1n) is 19.6. The number of aliphatic carboxylic acids is 1. The minimum atomic E-state index is -1.08. The van der Waals surface area contributed by atoms with E-state index in [1.807, 2.05) is 67.6 Å². The lowest BCUT2D eigenvalue weighted by Gasteiger charge is -2.43. The summed E-state index contributed by atoms with van der Waals surface area (Å²) in [7, 11) is 0. The average molecular weight is 797 g/mol. The number of halogens is 1. The van der Waals surface area contributed by atoms with Crippen LogP contribution in [0.2, 0.25) is 0 Å². The smallest absolute Gasteiger partial charge is 0.408 e. The number of amides is 1. The summed E-state index contributed by atoms with van der Waals surface area (Å²) >= 11 is 6.70. The summed E-state index contributed by atoms with van der Waals surface area (Å²) < 4.78 is 12.6. The fourth-order valence-electron chi connectivity index (χ4n) is 8.46. The molecular weight excluding hydrogens is 748 g/mol. The van der Waals surface area contributed by atoms with Gasteiger partial charge in [0.25, 0.3) is 0 Å². The number of phenolic OH excluding ortho intramolecular Hbond substituents is 1. The van der Waals surface area contributed by atoms with E-state index < -0.39 is 35.5 Å². The number of piperidine rings is 3. The number of nitrogens with one attached hydrogen (secondary N) is 3. The van der Waals surface area contributed by atoms with Crippen LogP contribution in [-0.4, -0.2) is 82.2 Å². The lowest BCUT2D eigenvalue weighted by molar-refractivity contribution is -0.138. The SMILES string of the molecule is CCCC(NC[C@H](O)c1ccc(O)c2[nH]c(=O)ccc12)C1(COc2cccc(C(NC(=O)O[C@H]3CN4CCC3CC4)c3ccccc3)c2)C=CC(C(=O)O)C(Cl)=C1. The van der Waals surface area contributed by atoms with Gasteiger partial charge in [-0.2, -0.15) is 0 Å². The van der Waals surface area contributed by atoms with Crippen molar-refractivity contribution in [3.8, 4) is 11.5 Å². The van der Waals surface area contributed by atoms with Gasteiger partial charge in [-0.15, -0.1) is 0 Å². The van der Waals surface area contributed by atoms with E-state index >= 15 is 0 Å². The molecule has 6 atom stereocenters. The molecule has 1 aliphatic carbocycles. The quantitative estimate of drug-likeness (QED) is 0.0740. The molecule has 4 heterocycles. The number of carbonyl (C=O) groups excluding carboxylic acids is 1. The Labute approximate surface area is 336 Å². The number of aromatic nitrogens is 1. The van der Waals surface area contributed by atoms with E-state index in [1.54, 1.807) is 24.3 Å². The number of aromatic amines is 1. The maximum absolute atomic E-state index is 13.4. The van der Waals surface area contributed by atoms with Crippen LogP contribution in [0.1, 0.15) is 61.4 Å². The van der Waals surface area contributed by atoms with Crippen LogP contribution in [0, 0.1) is 17.3 Å². The zero-order valence-electron chi connectivity index (χ0n) is 31.8. The second-order valence-corrected chi connectivity index (χ2v) is 15.7. The van der Waals surface area contributed by atoms with Gasteiger partial charge in [-0.25, -0.2) is 4.79 Å². The van der Waals surface area contributed by atoms with Gasteiger partial charge >= 0.3 is 12.1 Å². The summed E-state index contributed by atoms with van der Waals surface area (Å²) in [4.78, 5) is 42.5. The van der Waals surface area contributed by atoms with Crippen LogP contribution < -0.4 is 20.9 Å². The molecular formula is C44H49ClN4O8. The molecule has 4 unspecified atom stereocenters. The maximum atomic E-state index is 13.4. The fourth-order valence-corrected chi connectivity index (χ4v) is 8.83. The third kappa shape index (κ3) is 9.05. The van der Waals surface area contributed by atoms with E-state index in [4.69, 9.17) is 21.1 Å². The number of carbonyl (C=O) groups is 2. The number of hydrogen-bond acceptors (Lipinski definition) is 9. The van der Waals surface area contributed by atoms with Crippen LogP contribution in [0.5, 0.6) is 11.5 Å². The summed E-state index contributed by atoms with van der Waals surface area (Å²) in [5.41, 5.74) is 1.09. The molecule has 0 saturated carbocycles. The van der Waals surface area contributed by atoms with Crippen molar-refractivity contribution in [3.05, 3.63) is 129 Å². The molecule has 300 valence electrons. The standard InChI is InChI=1S/C44H49ClN4O8/c1-2-7-38(46-24-36(51)31-12-14-35(50)41-32(31)13-15-39(52)47-41)44(19-16-33(42(53)54)34(45)23-44)26-56-30-11-6-10-29(22-30)40(28-8-4-3-5-9-28)48-43(55)57-37-25-49-20-17-27(37)18-21-49/h3-6,8-16,19,22-23,27,33,36-38,40,46,50-51H,2,7,17-18,20-21,24-26H2,1H3,(H,47,52)(H,48,55)(H,53,54)/t33?,36-,37-,38?,40?,44?/m0/s1. The van der Waals surface area contributed by atoms with Crippen LogP contribution in [0.25, 0.3) is 10.9 Å². The van der Waals surface area contributed by atoms with Crippen LogP contribution >= 0.6 is 11.6 Å². The zero-order chi connectivity index (χ0) is 40.1. The molecule has 3 aliphatic heterocycles.